The Morgan fingerprint density at radius 2 is 1.95 bits per heavy atom. The summed E-state index contributed by atoms with van der Waals surface area (Å²) in [5, 5.41) is 0. The molecule has 19 heavy (non-hydrogen) atoms. The number of rotatable bonds is 2. The minimum atomic E-state index is -2.74. The first-order chi connectivity index (χ1) is 8.69. The van der Waals surface area contributed by atoms with Crippen molar-refractivity contribution >= 4 is 6.09 Å². The first-order valence-electron chi connectivity index (χ1n) is 6.64. The maximum Gasteiger partial charge on any atom is 0.410 e. The van der Waals surface area contributed by atoms with Crippen molar-refractivity contribution < 1.29 is 23.0 Å². The first kappa shape index (κ1) is 14.5. The van der Waals surface area contributed by atoms with Gasteiger partial charge in [-0.1, -0.05) is 0 Å². The Hall–Kier alpha value is -0.910. The Morgan fingerprint density at radius 1 is 1.32 bits per heavy atom. The lowest BCUT2D eigenvalue weighted by Gasteiger charge is -2.37. The number of carbonyl (C=O) groups excluding carboxylic acids is 1. The highest BCUT2D eigenvalue weighted by atomic mass is 19.3. The van der Waals surface area contributed by atoms with Crippen molar-refractivity contribution in [3.63, 3.8) is 0 Å². The maximum atomic E-state index is 12.3. The number of nitrogens with zero attached hydrogens (tertiary/aromatic N) is 1. The predicted octanol–water partition coefficient (Wildman–Crippen LogP) is 3.01. The molecule has 0 aromatic carbocycles. The number of likely N-dealkylation sites (tertiary alicyclic amines) is 1. The van der Waals surface area contributed by atoms with E-state index in [1.807, 2.05) is 27.7 Å². The molecule has 4 atom stereocenters. The Morgan fingerprint density at radius 3 is 2.42 bits per heavy atom. The molecule has 0 spiro atoms. The summed E-state index contributed by atoms with van der Waals surface area (Å²) in [6.45, 7) is 4.56. The van der Waals surface area contributed by atoms with E-state index in [1.54, 1.807) is 4.90 Å². The van der Waals surface area contributed by atoms with Gasteiger partial charge in [-0.15, -0.1) is 0 Å². The van der Waals surface area contributed by atoms with E-state index in [0.717, 1.165) is 6.42 Å². The molecular weight excluding hydrogens is 256 g/mol. The van der Waals surface area contributed by atoms with Gasteiger partial charge < -0.3 is 14.4 Å². The molecule has 1 heterocycles. The van der Waals surface area contributed by atoms with Crippen LogP contribution in [0, 0.1) is 5.92 Å². The molecule has 6 heteroatoms. The highest BCUT2D eigenvalue weighted by molar-refractivity contribution is 5.69. The molecule has 4 nitrogen and oxygen atoms in total. The van der Waals surface area contributed by atoms with Gasteiger partial charge in [0.15, 0.2) is 0 Å². The average Bonchev–Trinajstić information content (AvgIpc) is 2.70. The summed E-state index contributed by atoms with van der Waals surface area (Å²) in [6.07, 6.45) is 0.387. The third-order valence-electron chi connectivity index (χ3n) is 3.86. The minimum absolute atomic E-state index is 0.0217. The van der Waals surface area contributed by atoms with Gasteiger partial charge in [0.2, 0.25) is 0 Å². The van der Waals surface area contributed by atoms with Gasteiger partial charge in [-0.2, -0.15) is 8.78 Å². The summed E-state index contributed by atoms with van der Waals surface area (Å²) in [4.78, 5) is 13.8. The molecule has 1 saturated carbocycles. The molecule has 0 unspecified atom stereocenters. The van der Waals surface area contributed by atoms with Gasteiger partial charge in [0.25, 0.3) is 0 Å². The number of hydrogen-bond acceptors (Lipinski definition) is 3. The predicted molar refractivity (Wildman–Crippen MR) is 64.9 cm³/mol. The average molecular weight is 277 g/mol. The molecule has 0 N–H and O–H groups in total. The van der Waals surface area contributed by atoms with Crippen LogP contribution in [-0.2, 0) is 9.47 Å². The standard InChI is InChI=1S/C13H21F2NO3/c1-7-9-5-8(6-10(9)18-11(14)15)16(7)12(17)19-13(2,3)4/h7-11H,5-6H2,1-4H3/t7-,8+,9+,10-/m0/s1. The van der Waals surface area contributed by atoms with E-state index in [-0.39, 0.29) is 24.1 Å². The fraction of sp³-hybridized carbons (Fsp3) is 0.923. The molecule has 2 bridgehead atoms. The van der Waals surface area contributed by atoms with E-state index in [2.05, 4.69) is 4.74 Å². The topological polar surface area (TPSA) is 38.8 Å². The summed E-state index contributed by atoms with van der Waals surface area (Å²) in [6, 6.07) is -0.157. The molecule has 1 aliphatic carbocycles. The Balaban J connectivity index is 1.99. The summed E-state index contributed by atoms with van der Waals surface area (Å²) >= 11 is 0. The van der Waals surface area contributed by atoms with Crippen LogP contribution in [0.2, 0.25) is 0 Å². The van der Waals surface area contributed by atoms with Crippen LogP contribution in [0.5, 0.6) is 0 Å². The van der Waals surface area contributed by atoms with E-state index in [4.69, 9.17) is 4.74 Å². The molecule has 1 amide bonds. The van der Waals surface area contributed by atoms with Crippen molar-refractivity contribution in [1.82, 2.24) is 4.90 Å². The zero-order valence-electron chi connectivity index (χ0n) is 11.7. The lowest BCUT2D eigenvalue weighted by Crippen LogP contribution is -2.49. The van der Waals surface area contributed by atoms with Crippen molar-refractivity contribution in [1.29, 1.82) is 0 Å². The zero-order chi connectivity index (χ0) is 14.4. The van der Waals surface area contributed by atoms with Crippen LogP contribution in [0.25, 0.3) is 0 Å². The van der Waals surface area contributed by atoms with Crippen LogP contribution in [0.15, 0.2) is 0 Å². The van der Waals surface area contributed by atoms with Gasteiger partial charge in [0.1, 0.15) is 5.60 Å². The van der Waals surface area contributed by atoms with Crippen molar-refractivity contribution in [3.8, 4) is 0 Å². The van der Waals surface area contributed by atoms with Crippen molar-refractivity contribution in [2.75, 3.05) is 0 Å². The lowest BCUT2D eigenvalue weighted by molar-refractivity contribution is -0.180. The van der Waals surface area contributed by atoms with Gasteiger partial charge in [-0.3, -0.25) is 0 Å². The van der Waals surface area contributed by atoms with E-state index in [9.17, 15) is 13.6 Å². The lowest BCUT2D eigenvalue weighted by atomic mass is 9.97. The van der Waals surface area contributed by atoms with Gasteiger partial charge in [-0.25, -0.2) is 4.79 Å². The van der Waals surface area contributed by atoms with Gasteiger partial charge in [0.05, 0.1) is 6.10 Å². The Kier molecular flexibility index (Phi) is 3.73. The number of carbonyl (C=O) groups is 1. The van der Waals surface area contributed by atoms with Gasteiger partial charge in [0, 0.05) is 18.0 Å². The van der Waals surface area contributed by atoms with Crippen molar-refractivity contribution in [2.24, 2.45) is 5.92 Å². The number of amides is 1. The second kappa shape index (κ2) is 4.89. The number of halogens is 2. The van der Waals surface area contributed by atoms with E-state index < -0.39 is 18.3 Å². The van der Waals surface area contributed by atoms with Gasteiger partial charge >= 0.3 is 12.7 Å². The number of alkyl halides is 2. The fourth-order valence-electron chi connectivity index (χ4n) is 3.20. The van der Waals surface area contributed by atoms with E-state index >= 15 is 0 Å². The summed E-state index contributed by atoms with van der Waals surface area (Å²) in [7, 11) is 0. The van der Waals surface area contributed by atoms with Crippen LogP contribution in [-0.4, -0.2) is 41.4 Å². The molecule has 110 valence electrons. The Labute approximate surface area is 112 Å². The summed E-state index contributed by atoms with van der Waals surface area (Å²) < 4.78 is 34.6. The van der Waals surface area contributed by atoms with E-state index in [0.29, 0.717) is 6.42 Å². The molecule has 0 aromatic rings. The summed E-state index contributed by atoms with van der Waals surface area (Å²) in [5.74, 6) is -0.0217. The molecule has 0 aromatic heterocycles. The number of hydrogen-bond donors (Lipinski definition) is 0. The maximum absolute atomic E-state index is 12.3. The highest BCUT2D eigenvalue weighted by Gasteiger charge is 2.53. The molecule has 2 aliphatic rings. The summed E-state index contributed by atoms with van der Waals surface area (Å²) in [5.41, 5.74) is -0.544. The first-order valence-corrected chi connectivity index (χ1v) is 6.64. The van der Waals surface area contributed by atoms with Crippen LogP contribution in [0.3, 0.4) is 0 Å². The third kappa shape index (κ3) is 2.99. The van der Waals surface area contributed by atoms with Crippen LogP contribution < -0.4 is 0 Å². The third-order valence-corrected chi connectivity index (χ3v) is 3.86. The van der Waals surface area contributed by atoms with E-state index in [1.165, 1.54) is 0 Å². The second-order valence-electron chi connectivity index (χ2n) is 6.35. The van der Waals surface area contributed by atoms with Gasteiger partial charge in [-0.05, 0) is 40.5 Å². The van der Waals surface area contributed by atoms with Crippen LogP contribution in [0.4, 0.5) is 13.6 Å². The van der Waals surface area contributed by atoms with Crippen LogP contribution >= 0.6 is 0 Å². The quantitative estimate of drug-likeness (QED) is 0.778. The molecule has 2 fully saturated rings. The largest absolute Gasteiger partial charge is 0.444 e. The molecule has 2 rings (SSSR count). The smallest absolute Gasteiger partial charge is 0.410 e. The monoisotopic (exact) mass is 277 g/mol. The minimum Gasteiger partial charge on any atom is -0.444 e. The molecule has 1 aliphatic heterocycles. The number of piperidine rings is 1. The second-order valence-corrected chi connectivity index (χ2v) is 6.35. The SMILES string of the molecule is C[C@H]1[C@H]2C[C@H](C[C@@H]2OC(F)F)N1C(=O)OC(C)(C)C. The van der Waals surface area contributed by atoms with Crippen molar-refractivity contribution in [2.45, 2.75) is 70.9 Å². The fourth-order valence-corrected chi connectivity index (χ4v) is 3.20. The van der Waals surface area contributed by atoms with Crippen molar-refractivity contribution in [3.05, 3.63) is 0 Å². The zero-order valence-corrected chi connectivity index (χ0v) is 11.7. The molecular formula is C13H21F2NO3. The normalized spacial score (nSPS) is 34.2. The number of ether oxygens (including phenoxy) is 2. The molecule has 0 radical (unpaired) electrons. The number of fused-ring (bicyclic) bond motifs is 2. The Bertz CT molecular complexity index is 354. The molecule has 1 saturated heterocycles. The highest BCUT2D eigenvalue weighted by Crippen LogP contribution is 2.44. The van der Waals surface area contributed by atoms with Crippen LogP contribution in [0.1, 0.15) is 40.5 Å².